The van der Waals surface area contributed by atoms with Gasteiger partial charge in [-0.1, -0.05) is 6.92 Å². The highest BCUT2D eigenvalue weighted by molar-refractivity contribution is 5.48. The molecule has 0 saturated heterocycles. The third-order valence-electron chi connectivity index (χ3n) is 1.70. The van der Waals surface area contributed by atoms with E-state index >= 15 is 0 Å². The summed E-state index contributed by atoms with van der Waals surface area (Å²) in [5, 5.41) is 3.27. The molecule has 0 aliphatic carbocycles. The monoisotopic (exact) mass is 165 g/mol. The Hall–Kier alpha value is -1.09. The largest absolute Gasteiger partial charge is 0.384 e. The van der Waals surface area contributed by atoms with E-state index in [2.05, 4.69) is 17.2 Å². The fourth-order valence-corrected chi connectivity index (χ4v) is 1.02. The molecule has 3 heteroatoms. The van der Waals surface area contributed by atoms with Gasteiger partial charge in [0.05, 0.1) is 11.9 Å². The lowest BCUT2D eigenvalue weighted by atomic mass is 10.2. The summed E-state index contributed by atoms with van der Waals surface area (Å²) < 4.78 is 0. The molecule has 0 atom stereocenters. The van der Waals surface area contributed by atoms with Crippen LogP contribution in [0.15, 0.2) is 18.5 Å². The Morgan fingerprint density at radius 3 is 3.08 bits per heavy atom. The summed E-state index contributed by atoms with van der Waals surface area (Å²) >= 11 is 0. The molecule has 1 aromatic rings. The number of aromatic nitrogens is 1. The minimum Gasteiger partial charge on any atom is -0.384 e. The van der Waals surface area contributed by atoms with Crippen molar-refractivity contribution in [2.75, 3.05) is 11.9 Å². The molecule has 0 unspecified atom stereocenters. The van der Waals surface area contributed by atoms with Crippen molar-refractivity contribution in [2.24, 2.45) is 5.73 Å². The van der Waals surface area contributed by atoms with E-state index in [0.29, 0.717) is 6.54 Å². The van der Waals surface area contributed by atoms with Crippen LogP contribution in [-0.2, 0) is 6.54 Å². The summed E-state index contributed by atoms with van der Waals surface area (Å²) in [6.07, 6.45) is 4.69. The number of hydrogen-bond acceptors (Lipinski definition) is 3. The molecule has 12 heavy (non-hydrogen) atoms. The number of anilines is 1. The molecule has 0 aliphatic rings. The molecule has 0 aliphatic heterocycles. The zero-order valence-electron chi connectivity index (χ0n) is 7.38. The number of nitrogens with one attached hydrogen (secondary N) is 1. The Balaban J connectivity index is 2.68. The molecular weight excluding hydrogens is 150 g/mol. The van der Waals surface area contributed by atoms with Crippen LogP contribution in [0, 0.1) is 0 Å². The molecule has 0 spiro atoms. The quantitative estimate of drug-likeness (QED) is 0.708. The maximum Gasteiger partial charge on any atom is 0.0572 e. The van der Waals surface area contributed by atoms with Crippen LogP contribution in [0.5, 0.6) is 0 Å². The average Bonchev–Trinajstić information content (AvgIpc) is 2.15. The molecular formula is C9H15N3. The zero-order chi connectivity index (χ0) is 8.81. The Labute approximate surface area is 73.0 Å². The van der Waals surface area contributed by atoms with Gasteiger partial charge in [0.2, 0.25) is 0 Å². The Bertz CT molecular complexity index is 235. The second-order valence-corrected chi connectivity index (χ2v) is 2.66. The van der Waals surface area contributed by atoms with Crippen LogP contribution in [0.1, 0.15) is 18.9 Å². The lowest BCUT2D eigenvalue weighted by molar-refractivity contribution is 0.964. The van der Waals surface area contributed by atoms with Crippen LogP contribution in [-0.4, -0.2) is 11.5 Å². The Morgan fingerprint density at radius 2 is 2.42 bits per heavy atom. The van der Waals surface area contributed by atoms with Crippen molar-refractivity contribution in [1.82, 2.24) is 4.98 Å². The lowest BCUT2D eigenvalue weighted by Gasteiger charge is -2.08. The van der Waals surface area contributed by atoms with Gasteiger partial charge in [-0.25, -0.2) is 0 Å². The first-order valence-electron chi connectivity index (χ1n) is 4.25. The van der Waals surface area contributed by atoms with E-state index in [4.69, 9.17) is 5.73 Å². The van der Waals surface area contributed by atoms with E-state index in [9.17, 15) is 0 Å². The fourth-order valence-electron chi connectivity index (χ4n) is 1.02. The van der Waals surface area contributed by atoms with E-state index in [1.807, 2.05) is 12.3 Å². The summed E-state index contributed by atoms with van der Waals surface area (Å²) in [6.45, 7) is 3.67. The minimum atomic E-state index is 0.564. The highest BCUT2D eigenvalue weighted by atomic mass is 14.9. The molecule has 3 N–H and O–H groups in total. The lowest BCUT2D eigenvalue weighted by Crippen LogP contribution is -2.06. The van der Waals surface area contributed by atoms with Gasteiger partial charge in [0.15, 0.2) is 0 Å². The second-order valence-electron chi connectivity index (χ2n) is 2.66. The van der Waals surface area contributed by atoms with Crippen LogP contribution < -0.4 is 11.1 Å². The summed E-state index contributed by atoms with van der Waals surface area (Å²) in [6, 6.07) is 1.94. The number of nitrogens with two attached hydrogens (primary N) is 1. The van der Waals surface area contributed by atoms with E-state index in [1.54, 1.807) is 6.20 Å². The van der Waals surface area contributed by atoms with Gasteiger partial charge in [-0.2, -0.15) is 0 Å². The number of rotatable bonds is 4. The topological polar surface area (TPSA) is 50.9 Å². The second kappa shape index (κ2) is 4.72. The number of pyridine rings is 1. The molecule has 0 bridgehead atoms. The van der Waals surface area contributed by atoms with Crippen molar-refractivity contribution in [3.05, 3.63) is 24.0 Å². The van der Waals surface area contributed by atoms with Gasteiger partial charge >= 0.3 is 0 Å². The fraction of sp³-hybridized carbons (Fsp3) is 0.444. The summed E-state index contributed by atoms with van der Waals surface area (Å²) in [7, 11) is 0. The molecule has 0 radical (unpaired) electrons. The molecule has 1 aromatic heterocycles. The molecule has 1 rings (SSSR count). The van der Waals surface area contributed by atoms with E-state index in [-0.39, 0.29) is 0 Å². The average molecular weight is 165 g/mol. The Kier molecular flexibility index (Phi) is 3.54. The molecule has 0 amide bonds. The van der Waals surface area contributed by atoms with Crippen LogP contribution in [0.2, 0.25) is 0 Å². The van der Waals surface area contributed by atoms with Crippen molar-refractivity contribution in [3.63, 3.8) is 0 Å². The summed E-state index contributed by atoms with van der Waals surface area (Å²) in [5.41, 5.74) is 7.74. The highest BCUT2D eigenvalue weighted by Gasteiger charge is 1.97. The molecule has 66 valence electrons. The van der Waals surface area contributed by atoms with Gasteiger partial charge < -0.3 is 11.1 Å². The first kappa shape index (κ1) is 9.00. The van der Waals surface area contributed by atoms with Crippen LogP contribution >= 0.6 is 0 Å². The van der Waals surface area contributed by atoms with Crippen LogP contribution in [0.3, 0.4) is 0 Å². The minimum absolute atomic E-state index is 0.564. The number of nitrogens with zero attached hydrogens (tertiary/aromatic N) is 1. The summed E-state index contributed by atoms with van der Waals surface area (Å²) in [5.74, 6) is 0. The predicted octanol–water partition coefficient (Wildman–Crippen LogP) is 1.36. The van der Waals surface area contributed by atoms with Crippen molar-refractivity contribution in [2.45, 2.75) is 19.9 Å². The van der Waals surface area contributed by atoms with Gasteiger partial charge in [0.1, 0.15) is 0 Å². The smallest absolute Gasteiger partial charge is 0.0572 e. The van der Waals surface area contributed by atoms with Gasteiger partial charge in [-0.15, -0.1) is 0 Å². The van der Waals surface area contributed by atoms with Crippen molar-refractivity contribution in [3.8, 4) is 0 Å². The first-order chi connectivity index (χ1) is 5.88. The van der Waals surface area contributed by atoms with E-state index < -0.39 is 0 Å². The Morgan fingerprint density at radius 1 is 1.58 bits per heavy atom. The maximum atomic E-state index is 5.55. The molecule has 3 nitrogen and oxygen atoms in total. The molecule has 1 heterocycles. The van der Waals surface area contributed by atoms with Gasteiger partial charge in [-0.05, 0) is 18.1 Å². The molecule has 0 aromatic carbocycles. The third kappa shape index (κ3) is 2.20. The van der Waals surface area contributed by atoms with Crippen LogP contribution in [0.25, 0.3) is 0 Å². The van der Waals surface area contributed by atoms with Crippen molar-refractivity contribution >= 4 is 5.69 Å². The van der Waals surface area contributed by atoms with Gasteiger partial charge in [0.25, 0.3) is 0 Å². The normalized spacial score (nSPS) is 9.83. The zero-order valence-corrected chi connectivity index (χ0v) is 7.38. The maximum absolute atomic E-state index is 5.55. The first-order valence-corrected chi connectivity index (χ1v) is 4.25. The highest BCUT2D eigenvalue weighted by Crippen LogP contribution is 2.11. The SMILES string of the molecule is CCCNc1cnccc1CN. The molecule has 0 saturated carbocycles. The standard InChI is InChI=1S/C9H15N3/c1-2-4-12-9-7-11-5-3-8(9)6-10/h3,5,7,12H,2,4,6,10H2,1H3. The van der Waals surface area contributed by atoms with E-state index in [0.717, 1.165) is 24.2 Å². The van der Waals surface area contributed by atoms with Crippen LogP contribution in [0.4, 0.5) is 5.69 Å². The van der Waals surface area contributed by atoms with Crippen molar-refractivity contribution in [1.29, 1.82) is 0 Å². The summed E-state index contributed by atoms with van der Waals surface area (Å²) in [4.78, 5) is 4.03. The van der Waals surface area contributed by atoms with E-state index in [1.165, 1.54) is 0 Å². The third-order valence-corrected chi connectivity index (χ3v) is 1.70. The van der Waals surface area contributed by atoms with Gasteiger partial charge in [-0.3, -0.25) is 4.98 Å². The number of hydrogen-bond donors (Lipinski definition) is 2. The van der Waals surface area contributed by atoms with Gasteiger partial charge in [0, 0.05) is 19.3 Å². The molecule has 0 fully saturated rings. The van der Waals surface area contributed by atoms with Crippen molar-refractivity contribution < 1.29 is 0 Å². The predicted molar refractivity (Wildman–Crippen MR) is 50.9 cm³/mol.